The van der Waals surface area contributed by atoms with Crippen LogP contribution in [0, 0.1) is 28.6 Å². The smallest absolute Gasteiger partial charge is 0.335 e. The first-order valence-electron chi connectivity index (χ1n) is 17.2. The largest absolute Gasteiger partial charge is 0.472 e. The second-order valence-electron chi connectivity index (χ2n) is 14.9. The van der Waals surface area contributed by atoms with E-state index in [9.17, 15) is 34.2 Å². The molecule has 3 fully saturated rings. The number of furan rings is 1. The number of hydrogen-bond acceptors (Lipinski definition) is 13. The molecule has 278 valence electrons. The molecule has 4 rings (SSSR count). The lowest BCUT2D eigenvalue weighted by molar-refractivity contribution is -0.361. The summed E-state index contributed by atoms with van der Waals surface area (Å²) in [6, 6.07) is 1.64. The van der Waals surface area contributed by atoms with E-state index in [1.54, 1.807) is 47.6 Å². The van der Waals surface area contributed by atoms with Gasteiger partial charge in [0.2, 0.25) is 0 Å². The van der Waals surface area contributed by atoms with E-state index in [1.165, 1.54) is 33.5 Å². The molecule has 2 aliphatic carbocycles. The SMILES string of the molecule is C=C1[C@@H]([C@@]2(C)[C@@H](OC(C)=O)CC(=O)O[C@@](C)(CC)[C@@H]2CC(C)=O)C(OOC)[C@H](OC(=O)C(O)[C@H](C)CC)[C@@]2(C)[C@H](c3ccoc3)CC(=O)C12O. The van der Waals surface area contributed by atoms with Gasteiger partial charge >= 0.3 is 17.9 Å². The molecule has 1 aliphatic heterocycles. The summed E-state index contributed by atoms with van der Waals surface area (Å²) in [7, 11) is 1.23. The monoisotopic (exact) mass is 704 g/mol. The van der Waals surface area contributed by atoms with E-state index in [0.717, 1.165) is 0 Å². The predicted octanol–water partition coefficient (Wildman–Crippen LogP) is 4.17. The molecular formula is C37H52O13. The highest BCUT2D eigenvalue weighted by molar-refractivity contribution is 5.96. The Morgan fingerprint density at radius 2 is 1.76 bits per heavy atom. The van der Waals surface area contributed by atoms with E-state index >= 15 is 0 Å². The molecule has 0 radical (unpaired) electrons. The minimum absolute atomic E-state index is 0.0613. The maximum absolute atomic E-state index is 14.4. The fraction of sp³-hybridized carbons (Fsp3) is 0.703. The standard InChI is InChI=1S/C37H52O13/c1-11-19(3)30(42)33(43)48-32-31(50-45-10)29(21(5)37(44)26(40)16-24(36(32,37)9)23-13-14-46-18-23)35(8)25(15-20(4)38)34(7,12-2)49-28(41)17-27(35)47-22(6)39/h13-14,18-19,24-25,27,29-32,42,44H,5,11-12,15-17H2,1-4,6-10H3/t19-,24+,25+,27+,29-,30?,31?,32+,34+,35-,36-,37?/m1/s1. The fourth-order valence-corrected chi connectivity index (χ4v) is 9.14. The molecule has 13 nitrogen and oxygen atoms in total. The van der Waals surface area contributed by atoms with Crippen LogP contribution in [0.25, 0.3) is 0 Å². The lowest BCUT2D eigenvalue weighted by Crippen LogP contribution is -2.71. The number of esters is 3. The molecule has 0 aromatic carbocycles. The summed E-state index contributed by atoms with van der Waals surface area (Å²) in [6.45, 7) is 17.1. The fourth-order valence-electron chi connectivity index (χ4n) is 9.14. The lowest BCUT2D eigenvalue weighted by Gasteiger charge is -2.61. The van der Waals surface area contributed by atoms with Crippen LogP contribution < -0.4 is 0 Å². The van der Waals surface area contributed by atoms with Crippen molar-refractivity contribution in [2.24, 2.45) is 28.6 Å². The van der Waals surface area contributed by atoms with E-state index in [-0.39, 0.29) is 30.6 Å². The number of carbonyl (C=O) groups excluding carboxylic acids is 5. The number of aliphatic hydroxyl groups is 2. The van der Waals surface area contributed by atoms with Crippen molar-refractivity contribution in [3.05, 3.63) is 36.3 Å². The Kier molecular flexibility index (Phi) is 11.3. The zero-order valence-corrected chi connectivity index (χ0v) is 30.5. The molecule has 2 heterocycles. The van der Waals surface area contributed by atoms with Gasteiger partial charge in [0, 0.05) is 42.9 Å². The molecule has 2 N–H and O–H groups in total. The Bertz CT molecular complexity index is 1490. The van der Waals surface area contributed by atoms with Gasteiger partial charge in [-0.1, -0.05) is 47.6 Å². The Labute approximate surface area is 292 Å². The molecule has 0 bridgehead atoms. The highest BCUT2D eigenvalue weighted by Crippen LogP contribution is 2.68. The number of fused-ring (bicyclic) bond motifs is 1. The first-order valence-corrected chi connectivity index (χ1v) is 17.2. The van der Waals surface area contributed by atoms with E-state index in [0.29, 0.717) is 12.0 Å². The minimum Gasteiger partial charge on any atom is -0.472 e. The number of rotatable bonds is 12. The Balaban J connectivity index is 2.10. The molecule has 13 heteroatoms. The summed E-state index contributed by atoms with van der Waals surface area (Å²) < 4.78 is 23.5. The van der Waals surface area contributed by atoms with Gasteiger partial charge in [0.1, 0.15) is 29.7 Å². The van der Waals surface area contributed by atoms with Gasteiger partial charge in [-0.05, 0) is 43.4 Å². The third-order valence-electron chi connectivity index (χ3n) is 12.2. The van der Waals surface area contributed by atoms with Crippen molar-refractivity contribution in [2.75, 3.05) is 7.11 Å². The maximum Gasteiger partial charge on any atom is 0.335 e. The summed E-state index contributed by atoms with van der Waals surface area (Å²) in [6.07, 6.45) is -3.11. The predicted molar refractivity (Wildman–Crippen MR) is 176 cm³/mol. The van der Waals surface area contributed by atoms with E-state index in [2.05, 4.69) is 6.58 Å². The highest BCUT2D eigenvalue weighted by atomic mass is 17.2. The van der Waals surface area contributed by atoms with Crippen LogP contribution in [-0.2, 0) is 48.0 Å². The summed E-state index contributed by atoms with van der Waals surface area (Å²) >= 11 is 0. The van der Waals surface area contributed by atoms with Crippen molar-refractivity contribution in [3.63, 3.8) is 0 Å². The molecule has 3 aliphatic rings. The van der Waals surface area contributed by atoms with Gasteiger partial charge in [0.25, 0.3) is 0 Å². The van der Waals surface area contributed by atoms with Gasteiger partial charge in [-0.3, -0.25) is 14.4 Å². The van der Waals surface area contributed by atoms with Gasteiger partial charge in [0.15, 0.2) is 17.5 Å². The summed E-state index contributed by atoms with van der Waals surface area (Å²) in [5.41, 5.74) is -6.53. The van der Waals surface area contributed by atoms with Gasteiger partial charge in [0.05, 0.1) is 31.5 Å². The summed E-state index contributed by atoms with van der Waals surface area (Å²) in [4.78, 5) is 78.8. The molecule has 3 unspecified atom stereocenters. The number of hydrogen-bond donors (Lipinski definition) is 2. The van der Waals surface area contributed by atoms with Crippen LogP contribution in [0.15, 0.2) is 35.2 Å². The van der Waals surface area contributed by atoms with Crippen molar-refractivity contribution >= 4 is 29.5 Å². The molecule has 0 spiro atoms. The average molecular weight is 705 g/mol. The van der Waals surface area contributed by atoms with Crippen molar-refractivity contribution < 1.29 is 62.6 Å². The second kappa shape index (κ2) is 14.3. The van der Waals surface area contributed by atoms with Crippen LogP contribution in [0.2, 0.25) is 0 Å². The van der Waals surface area contributed by atoms with Crippen molar-refractivity contribution in [3.8, 4) is 0 Å². The number of cyclic esters (lactones) is 1. The van der Waals surface area contributed by atoms with Crippen LogP contribution in [-0.4, -0.2) is 82.4 Å². The van der Waals surface area contributed by atoms with E-state index < -0.39 is 100 Å². The Hall–Kier alpha value is -3.39. The third kappa shape index (κ3) is 6.13. The number of Topliss-reactive ketones (excluding diaryl/α,β-unsaturated/α-hetero) is 2. The minimum atomic E-state index is -2.41. The third-order valence-corrected chi connectivity index (χ3v) is 12.2. The van der Waals surface area contributed by atoms with Crippen LogP contribution in [0.5, 0.6) is 0 Å². The van der Waals surface area contributed by atoms with Crippen molar-refractivity contribution in [2.45, 2.75) is 129 Å². The first kappa shape index (κ1) is 39.4. The maximum atomic E-state index is 14.4. The zero-order chi connectivity index (χ0) is 37.6. The molecule has 1 aromatic heterocycles. The topological polar surface area (TPSA) is 185 Å². The van der Waals surface area contributed by atoms with E-state index in [4.69, 9.17) is 28.4 Å². The average Bonchev–Trinajstić information content (AvgIpc) is 3.64. The summed E-state index contributed by atoms with van der Waals surface area (Å²) in [5.74, 6) is -6.88. The normalized spacial score (nSPS) is 38.4. The van der Waals surface area contributed by atoms with E-state index in [1.807, 2.05) is 0 Å². The molecule has 2 saturated carbocycles. The zero-order valence-electron chi connectivity index (χ0n) is 30.5. The first-order chi connectivity index (χ1) is 23.3. The quantitative estimate of drug-likeness (QED) is 0.104. The van der Waals surface area contributed by atoms with Crippen LogP contribution in [0.3, 0.4) is 0 Å². The molecule has 50 heavy (non-hydrogen) atoms. The molecular weight excluding hydrogens is 652 g/mol. The Morgan fingerprint density at radius 1 is 1.10 bits per heavy atom. The highest BCUT2D eigenvalue weighted by Gasteiger charge is 2.77. The van der Waals surface area contributed by atoms with Crippen molar-refractivity contribution in [1.82, 2.24) is 0 Å². The number of ketones is 2. The van der Waals surface area contributed by atoms with Crippen LogP contribution in [0.4, 0.5) is 0 Å². The second-order valence-corrected chi connectivity index (χ2v) is 14.9. The number of carbonyl (C=O) groups is 5. The van der Waals surface area contributed by atoms with Crippen molar-refractivity contribution in [1.29, 1.82) is 0 Å². The van der Waals surface area contributed by atoms with Gasteiger partial charge < -0.3 is 33.6 Å². The van der Waals surface area contributed by atoms with Gasteiger partial charge in [-0.15, -0.1) is 0 Å². The molecule has 12 atom stereocenters. The van der Waals surface area contributed by atoms with Crippen LogP contribution in [0.1, 0.15) is 99.0 Å². The number of ether oxygens (including phenoxy) is 3. The Morgan fingerprint density at radius 3 is 2.28 bits per heavy atom. The van der Waals surface area contributed by atoms with Crippen LogP contribution >= 0.6 is 0 Å². The molecule has 1 aromatic rings. The number of aliphatic hydroxyl groups excluding tert-OH is 1. The van der Waals surface area contributed by atoms with Gasteiger partial charge in [-0.2, -0.15) is 0 Å². The molecule has 1 saturated heterocycles. The summed E-state index contributed by atoms with van der Waals surface area (Å²) in [5, 5.41) is 24.0. The molecule has 0 amide bonds. The lowest BCUT2D eigenvalue weighted by atomic mass is 9.46. The van der Waals surface area contributed by atoms with Gasteiger partial charge in [-0.25, -0.2) is 14.6 Å².